The average Bonchev–Trinajstić information content (AvgIpc) is 2.65. The number of amides is 1. The number of anilines is 1. The van der Waals surface area contributed by atoms with E-state index in [9.17, 15) is 4.79 Å². The molecule has 0 aliphatic heterocycles. The van der Waals surface area contributed by atoms with Crippen LogP contribution in [0.1, 0.15) is 25.6 Å². The number of rotatable bonds is 4. The van der Waals surface area contributed by atoms with Gasteiger partial charge in [0.15, 0.2) is 5.13 Å². The molecule has 1 amide bonds. The molecular formula is C12H16N2O2S. The predicted molar refractivity (Wildman–Crippen MR) is 71.2 cm³/mol. The number of carbonyl (C=O) groups excluding carboxylic acids is 1. The molecule has 17 heavy (non-hydrogen) atoms. The molecule has 1 aromatic rings. The number of hydrogen-bond acceptors (Lipinski definition) is 4. The lowest BCUT2D eigenvalue weighted by Crippen LogP contribution is -2.12. The van der Waals surface area contributed by atoms with Gasteiger partial charge in [-0.15, -0.1) is 0 Å². The number of thiazole rings is 1. The summed E-state index contributed by atoms with van der Waals surface area (Å²) in [5.41, 5.74) is 2.11. The van der Waals surface area contributed by atoms with Gasteiger partial charge < -0.3 is 4.74 Å². The Balaban J connectivity index is 2.69. The molecule has 5 heteroatoms. The van der Waals surface area contributed by atoms with Crippen LogP contribution in [0.5, 0.6) is 0 Å². The minimum absolute atomic E-state index is 0.346. The fraction of sp³-hybridized carbons (Fsp3) is 0.333. The molecule has 1 N–H and O–H groups in total. The highest BCUT2D eigenvalue weighted by Crippen LogP contribution is 2.22. The van der Waals surface area contributed by atoms with E-state index in [1.54, 1.807) is 13.1 Å². The second kappa shape index (κ2) is 6.20. The van der Waals surface area contributed by atoms with E-state index < -0.39 is 6.09 Å². The zero-order valence-electron chi connectivity index (χ0n) is 10.2. The quantitative estimate of drug-likeness (QED) is 0.831. The van der Waals surface area contributed by atoms with E-state index in [1.165, 1.54) is 11.3 Å². The van der Waals surface area contributed by atoms with Crippen molar-refractivity contribution in [3.05, 3.63) is 28.8 Å². The maximum atomic E-state index is 11.2. The lowest BCUT2D eigenvalue weighted by molar-refractivity contribution is 0.168. The van der Waals surface area contributed by atoms with Crippen LogP contribution in [0.3, 0.4) is 0 Å². The van der Waals surface area contributed by atoms with Gasteiger partial charge >= 0.3 is 6.09 Å². The number of hydrogen-bond donors (Lipinski definition) is 1. The van der Waals surface area contributed by atoms with Gasteiger partial charge in [0, 0.05) is 11.1 Å². The van der Waals surface area contributed by atoms with E-state index in [4.69, 9.17) is 4.74 Å². The smallest absolute Gasteiger partial charge is 0.413 e. The Labute approximate surface area is 105 Å². The molecule has 0 aliphatic carbocycles. The van der Waals surface area contributed by atoms with Crippen molar-refractivity contribution >= 4 is 28.6 Å². The van der Waals surface area contributed by atoms with Crippen molar-refractivity contribution in [2.24, 2.45) is 0 Å². The van der Waals surface area contributed by atoms with E-state index in [1.807, 2.05) is 19.9 Å². The summed E-state index contributed by atoms with van der Waals surface area (Å²) >= 11 is 1.39. The third-order valence-corrected chi connectivity index (χ3v) is 2.90. The van der Waals surface area contributed by atoms with Crippen LogP contribution in [-0.2, 0) is 4.74 Å². The summed E-state index contributed by atoms with van der Waals surface area (Å²) in [5.74, 6) is 0. The lowest BCUT2D eigenvalue weighted by atomic mass is 10.1. The second-order valence-electron chi connectivity index (χ2n) is 3.52. The fourth-order valence-corrected chi connectivity index (χ4v) is 1.81. The Hall–Kier alpha value is -1.62. The summed E-state index contributed by atoms with van der Waals surface area (Å²) in [6.07, 6.45) is 3.21. The monoisotopic (exact) mass is 252 g/mol. The van der Waals surface area contributed by atoms with Gasteiger partial charge in [0.05, 0.1) is 6.61 Å². The largest absolute Gasteiger partial charge is 0.450 e. The first-order valence-corrected chi connectivity index (χ1v) is 6.08. The van der Waals surface area contributed by atoms with Crippen molar-refractivity contribution in [1.29, 1.82) is 0 Å². The molecule has 92 valence electrons. The maximum Gasteiger partial charge on any atom is 0.413 e. The van der Waals surface area contributed by atoms with Crippen molar-refractivity contribution in [2.75, 3.05) is 11.9 Å². The molecule has 0 spiro atoms. The van der Waals surface area contributed by atoms with E-state index >= 15 is 0 Å². The summed E-state index contributed by atoms with van der Waals surface area (Å²) in [6, 6.07) is 0. The molecule has 4 nitrogen and oxygen atoms in total. The fourth-order valence-electron chi connectivity index (χ4n) is 1.00. The van der Waals surface area contributed by atoms with Crippen molar-refractivity contribution < 1.29 is 9.53 Å². The SMILES string of the molecule is C=C(C)/C(C)=C/c1cnc(NC(=O)OCC)s1. The summed E-state index contributed by atoms with van der Waals surface area (Å²) in [5, 5.41) is 3.09. The van der Waals surface area contributed by atoms with Gasteiger partial charge in [-0.3, -0.25) is 5.32 Å². The highest BCUT2D eigenvalue weighted by molar-refractivity contribution is 7.16. The van der Waals surface area contributed by atoms with Gasteiger partial charge in [0.2, 0.25) is 0 Å². The molecule has 0 aromatic carbocycles. The van der Waals surface area contributed by atoms with Gasteiger partial charge in [-0.25, -0.2) is 9.78 Å². The third kappa shape index (κ3) is 4.40. The normalized spacial score (nSPS) is 11.1. The molecule has 0 aliphatic rings. The standard InChI is InChI=1S/C12H16N2O2S/c1-5-16-12(15)14-11-13-7-10(17-11)6-9(4)8(2)3/h6-7H,2,5H2,1,3-4H3,(H,13,14,15)/b9-6+. The molecule has 1 heterocycles. The Kier molecular flexibility index (Phi) is 4.90. The van der Waals surface area contributed by atoms with Crippen LogP contribution in [-0.4, -0.2) is 17.7 Å². The lowest BCUT2D eigenvalue weighted by Gasteiger charge is -2.00. The molecule has 0 bridgehead atoms. The Bertz CT molecular complexity index is 449. The van der Waals surface area contributed by atoms with Gasteiger partial charge in [-0.05, 0) is 32.4 Å². The van der Waals surface area contributed by atoms with Gasteiger partial charge in [-0.1, -0.05) is 23.5 Å². The molecule has 0 fully saturated rings. The van der Waals surface area contributed by atoms with Crippen LogP contribution < -0.4 is 5.32 Å². The first kappa shape index (κ1) is 13.4. The number of carbonyl (C=O) groups is 1. The summed E-state index contributed by atoms with van der Waals surface area (Å²) in [4.78, 5) is 16.2. The first-order chi connectivity index (χ1) is 8.02. The van der Waals surface area contributed by atoms with E-state index in [-0.39, 0.29) is 0 Å². The van der Waals surface area contributed by atoms with Crippen molar-refractivity contribution in [3.8, 4) is 0 Å². The molecular weight excluding hydrogens is 236 g/mol. The molecule has 1 aromatic heterocycles. The first-order valence-electron chi connectivity index (χ1n) is 5.26. The van der Waals surface area contributed by atoms with E-state index in [2.05, 4.69) is 16.9 Å². The van der Waals surface area contributed by atoms with Gasteiger partial charge in [0.1, 0.15) is 0 Å². The molecule has 0 radical (unpaired) electrons. The number of ether oxygens (including phenoxy) is 1. The van der Waals surface area contributed by atoms with Crippen LogP contribution in [0.25, 0.3) is 6.08 Å². The van der Waals surface area contributed by atoms with Crippen molar-refractivity contribution in [2.45, 2.75) is 20.8 Å². The molecule has 0 saturated heterocycles. The Morgan fingerprint density at radius 3 is 2.94 bits per heavy atom. The second-order valence-corrected chi connectivity index (χ2v) is 4.58. The number of aromatic nitrogens is 1. The van der Waals surface area contributed by atoms with Crippen LogP contribution in [0, 0.1) is 0 Å². The molecule has 0 atom stereocenters. The zero-order valence-corrected chi connectivity index (χ0v) is 11.1. The predicted octanol–water partition coefficient (Wildman–Crippen LogP) is 3.69. The highest BCUT2D eigenvalue weighted by atomic mass is 32.1. The van der Waals surface area contributed by atoms with Crippen molar-refractivity contribution in [3.63, 3.8) is 0 Å². The van der Waals surface area contributed by atoms with Crippen LogP contribution in [0.4, 0.5) is 9.93 Å². The van der Waals surface area contributed by atoms with E-state index in [0.717, 1.165) is 16.0 Å². The Morgan fingerprint density at radius 1 is 1.65 bits per heavy atom. The summed E-state index contributed by atoms with van der Waals surface area (Å²) < 4.78 is 4.76. The summed E-state index contributed by atoms with van der Waals surface area (Å²) in [6.45, 7) is 9.89. The average molecular weight is 252 g/mol. The van der Waals surface area contributed by atoms with E-state index in [0.29, 0.717) is 11.7 Å². The highest BCUT2D eigenvalue weighted by Gasteiger charge is 2.05. The number of nitrogens with one attached hydrogen (secondary N) is 1. The number of allylic oxidation sites excluding steroid dienone is 2. The number of nitrogens with zero attached hydrogens (tertiary/aromatic N) is 1. The Morgan fingerprint density at radius 2 is 2.35 bits per heavy atom. The minimum atomic E-state index is -0.478. The van der Waals surface area contributed by atoms with Crippen molar-refractivity contribution in [1.82, 2.24) is 4.98 Å². The van der Waals surface area contributed by atoms with Gasteiger partial charge in [-0.2, -0.15) is 0 Å². The molecule has 1 rings (SSSR count). The minimum Gasteiger partial charge on any atom is -0.450 e. The molecule has 0 saturated carbocycles. The van der Waals surface area contributed by atoms with Crippen LogP contribution in [0.2, 0.25) is 0 Å². The third-order valence-electron chi connectivity index (χ3n) is 2.04. The zero-order chi connectivity index (χ0) is 12.8. The summed E-state index contributed by atoms with van der Waals surface area (Å²) in [7, 11) is 0. The molecule has 0 unspecified atom stereocenters. The van der Waals surface area contributed by atoms with Crippen LogP contribution in [0.15, 0.2) is 23.9 Å². The van der Waals surface area contributed by atoms with Gasteiger partial charge in [0.25, 0.3) is 0 Å². The van der Waals surface area contributed by atoms with Crippen LogP contribution >= 0.6 is 11.3 Å². The maximum absolute atomic E-state index is 11.2. The topological polar surface area (TPSA) is 51.2 Å².